The molecular formula is C16H25BIN2O2P. The molecule has 1 fully saturated rings. The maximum atomic E-state index is 6.20. The van der Waals surface area contributed by atoms with Gasteiger partial charge in [0.15, 0.2) is 0 Å². The van der Waals surface area contributed by atoms with Gasteiger partial charge in [-0.25, -0.2) is 0 Å². The molecule has 0 amide bonds. The van der Waals surface area contributed by atoms with Crippen LogP contribution in [-0.2, 0) is 9.31 Å². The van der Waals surface area contributed by atoms with Crippen molar-refractivity contribution in [3.8, 4) is 0 Å². The highest BCUT2D eigenvalue weighted by Gasteiger charge is 2.51. The van der Waals surface area contributed by atoms with Gasteiger partial charge in [-0.3, -0.25) is 4.76 Å². The molecule has 1 saturated heterocycles. The summed E-state index contributed by atoms with van der Waals surface area (Å²) in [6, 6.07) is 5.96. The number of nitrogens with two attached hydrogens (primary N) is 1. The molecule has 126 valence electrons. The Hall–Kier alpha value is -0.165. The first-order valence-electron chi connectivity index (χ1n) is 7.77. The molecule has 2 rings (SSSR count). The van der Waals surface area contributed by atoms with Crippen molar-refractivity contribution in [2.75, 3.05) is 5.73 Å². The summed E-state index contributed by atoms with van der Waals surface area (Å²) >= 11 is 2.28. The molecule has 1 aromatic rings. The Morgan fingerprint density at radius 3 is 2.26 bits per heavy atom. The quantitative estimate of drug-likeness (QED) is 0.251. The minimum absolute atomic E-state index is 0.313. The van der Waals surface area contributed by atoms with E-state index < -0.39 is 0 Å². The molecule has 1 atom stereocenters. The molecular weight excluding hydrogens is 421 g/mol. The third-order valence-corrected chi connectivity index (χ3v) is 5.64. The lowest BCUT2D eigenvalue weighted by atomic mass is 9.77. The van der Waals surface area contributed by atoms with Crippen LogP contribution in [0.2, 0.25) is 0 Å². The SMILES string of the molecule is CC(C)/C(=N\PI)c1cc(B2OC(C)(C)C(C)(C)O2)ccc1N. The van der Waals surface area contributed by atoms with Crippen LogP contribution < -0.4 is 11.2 Å². The lowest BCUT2D eigenvalue weighted by Crippen LogP contribution is -2.41. The van der Waals surface area contributed by atoms with Crippen LogP contribution >= 0.6 is 28.4 Å². The van der Waals surface area contributed by atoms with Crippen LogP contribution in [0.4, 0.5) is 5.69 Å². The average molecular weight is 446 g/mol. The Kier molecular flexibility index (Phi) is 5.82. The first kappa shape index (κ1) is 19.2. The van der Waals surface area contributed by atoms with Crippen molar-refractivity contribution in [3.63, 3.8) is 0 Å². The first-order valence-corrected chi connectivity index (χ1v) is 11.8. The van der Waals surface area contributed by atoms with Gasteiger partial charge in [-0.05, 0) is 67.2 Å². The van der Waals surface area contributed by atoms with Crippen molar-refractivity contribution in [2.24, 2.45) is 10.7 Å². The third-order valence-electron chi connectivity index (χ3n) is 4.59. The van der Waals surface area contributed by atoms with Gasteiger partial charge in [0, 0.05) is 11.3 Å². The number of rotatable bonds is 4. The van der Waals surface area contributed by atoms with Gasteiger partial charge in [0.2, 0.25) is 0 Å². The van der Waals surface area contributed by atoms with Gasteiger partial charge >= 0.3 is 7.12 Å². The van der Waals surface area contributed by atoms with Gasteiger partial charge in [0.1, 0.15) is 0 Å². The molecule has 0 saturated carbocycles. The number of halogens is 1. The second kappa shape index (κ2) is 6.99. The standard InChI is InChI=1S/C16H25BIN2O2P/c1-10(2)14(20-23-18)12-9-11(7-8-13(12)19)17-21-15(3,4)16(5,6)22-17/h7-10,23H,19H2,1-6H3/b20-14+. The molecule has 23 heavy (non-hydrogen) atoms. The number of anilines is 1. The predicted molar refractivity (Wildman–Crippen MR) is 110 cm³/mol. The Morgan fingerprint density at radius 2 is 1.78 bits per heavy atom. The van der Waals surface area contributed by atoms with E-state index in [4.69, 9.17) is 15.0 Å². The maximum Gasteiger partial charge on any atom is 0.494 e. The van der Waals surface area contributed by atoms with Gasteiger partial charge in [-0.1, -0.05) is 26.0 Å². The molecule has 0 aromatic heterocycles. The van der Waals surface area contributed by atoms with Crippen molar-refractivity contribution in [2.45, 2.75) is 52.7 Å². The van der Waals surface area contributed by atoms with E-state index in [0.29, 0.717) is 12.3 Å². The summed E-state index contributed by atoms with van der Waals surface area (Å²) in [4.78, 5) is 0. The number of nitrogens with zero attached hydrogens (tertiary/aromatic N) is 1. The van der Waals surface area contributed by atoms with Crippen molar-refractivity contribution in [1.29, 1.82) is 0 Å². The topological polar surface area (TPSA) is 56.8 Å². The van der Waals surface area contributed by atoms with Crippen LogP contribution in [0.1, 0.15) is 47.1 Å². The van der Waals surface area contributed by atoms with Crippen LogP contribution in [0.5, 0.6) is 0 Å². The molecule has 1 aliphatic rings. The average Bonchev–Trinajstić information content (AvgIpc) is 2.65. The molecule has 2 N–H and O–H groups in total. The van der Waals surface area contributed by atoms with Gasteiger partial charge in [0.25, 0.3) is 0 Å². The monoisotopic (exact) mass is 446 g/mol. The van der Waals surface area contributed by atoms with Crippen LogP contribution in [0.25, 0.3) is 0 Å². The molecule has 1 aromatic carbocycles. The summed E-state index contributed by atoms with van der Waals surface area (Å²) in [5.74, 6) is 0.313. The lowest BCUT2D eigenvalue weighted by molar-refractivity contribution is 0.00578. The maximum absolute atomic E-state index is 6.20. The van der Waals surface area contributed by atoms with Crippen LogP contribution in [0, 0.1) is 5.92 Å². The summed E-state index contributed by atoms with van der Waals surface area (Å²) in [6.07, 6.45) is 0.479. The molecule has 0 bridgehead atoms. The number of hydrogen-bond acceptors (Lipinski definition) is 4. The Labute approximate surface area is 154 Å². The van der Waals surface area contributed by atoms with Crippen LogP contribution in [-0.4, -0.2) is 24.0 Å². The van der Waals surface area contributed by atoms with E-state index >= 15 is 0 Å². The lowest BCUT2D eigenvalue weighted by Gasteiger charge is -2.32. The zero-order valence-electron chi connectivity index (χ0n) is 14.6. The predicted octanol–water partition coefficient (Wildman–Crippen LogP) is 3.96. The van der Waals surface area contributed by atoms with Crippen molar-refractivity contribution < 1.29 is 9.31 Å². The summed E-state index contributed by atoms with van der Waals surface area (Å²) in [7, 11) is -0.380. The first-order chi connectivity index (χ1) is 10.6. The van der Waals surface area contributed by atoms with Crippen LogP contribution in [0.3, 0.4) is 0 Å². The van der Waals surface area contributed by atoms with E-state index in [2.05, 4.69) is 74.4 Å². The van der Waals surface area contributed by atoms with Crippen LogP contribution in [0.15, 0.2) is 23.0 Å². The molecule has 0 radical (unpaired) electrons. The van der Waals surface area contributed by atoms with Gasteiger partial charge in [-0.15, -0.1) is 0 Å². The fourth-order valence-corrected chi connectivity index (χ4v) is 3.72. The van der Waals surface area contributed by atoms with E-state index in [1.165, 1.54) is 0 Å². The van der Waals surface area contributed by atoms with E-state index in [1.54, 1.807) is 0 Å². The van der Waals surface area contributed by atoms with Crippen molar-refractivity contribution >= 4 is 52.4 Å². The largest absolute Gasteiger partial charge is 0.494 e. The van der Waals surface area contributed by atoms with E-state index in [-0.39, 0.29) is 18.3 Å². The third kappa shape index (κ3) is 3.92. The molecule has 1 heterocycles. The minimum atomic E-state index is -0.380. The molecule has 7 heteroatoms. The normalized spacial score (nSPS) is 20.9. The fraction of sp³-hybridized carbons (Fsp3) is 0.562. The highest BCUT2D eigenvalue weighted by molar-refractivity contribution is 14.2. The Morgan fingerprint density at radius 1 is 1.22 bits per heavy atom. The highest BCUT2D eigenvalue weighted by atomic mass is 127. The van der Waals surface area contributed by atoms with E-state index in [9.17, 15) is 0 Å². The molecule has 4 nitrogen and oxygen atoms in total. The van der Waals surface area contributed by atoms with Gasteiger partial charge < -0.3 is 15.0 Å². The summed E-state index contributed by atoms with van der Waals surface area (Å²) in [6.45, 7) is 12.5. The smallest absolute Gasteiger partial charge is 0.399 e. The zero-order valence-corrected chi connectivity index (χ0v) is 17.8. The number of nitrogen functional groups attached to an aromatic ring is 1. The van der Waals surface area contributed by atoms with Gasteiger partial charge in [0.05, 0.1) is 23.3 Å². The molecule has 0 spiro atoms. The van der Waals surface area contributed by atoms with Gasteiger partial charge in [-0.2, -0.15) is 0 Å². The molecule has 1 unspecified atom stereocenters. The highest BCUT2D eigenvalue weighted by Crippen LogP contribution is 2.36. The second-order valence-electron chi connectivity index (χ2n) is 7.17. The minimum Gasteiger partial charge on any atom is -0.399 e. The summed E-state index contributed by atoms with van der Waals surface area (Å²) in [5, 5.41) is 0. The van der Waals surface area contributed by atoms with E-state index in [1.807, 2.05) is 12.1 Å². The van der Waals surface area contributed by atoms with Crippen molar-refractivity contribution in [3.05, 3.63) is 23.8 Å². The fourth-order valence-electron chi connectivity index (χ4n) is 2.47. The summed E-state index contributed by atoms with van der Waals surface area (Å²) < 4.78 is 16.9. The second-order valence-corrected chi connectivity index (χ2v) is 9.01. The Bertz CT molecular complexity index is 604. The van der Waals surface area contributed by atoms with Crippen molar-refractivity contribution in [1.82, 2.24) is 0 Å². The number of hydrogen-bond donors (Lipinski definition) is 1. The Balaban J connectivity index is 2.41. The molecule has 1 aliphatic heterocycles. The summed E-state index contributed by atoms with van der Waals surface area (Å²) in [5.41, 5.74) is 9.25. The van der Waals surface area contributed by atoms with E-state index in [0.717, 1.165) is 22.4 Å². The molecule has 0 aliphatic carbocycles. The zero-order chi connectivity index (χ0) is 17.4. The number of benzene rings is 1.